The van der Waals surface area contributed by atoms with E-state index in [1.807, 2.05) is 113 Å². The second kappa shape index (κ2) is 11.2. The van der Waals surface area contributed by atoms with Crippen molar-refractivity contribution in [2.24, 2.45) is 5.92 Å². The molecule has 1 atom stereocenters. The highest BCUT2D eigenvalue weighted by Crippen LogP contribution is 2.22. The molecule has 0 aliphatic heterocycles. The summed E-state index contributed by atoms with van der Waals surface area (Å²) in [5.41, 5.74) is 5.28. The number of carbonyl (C=O) groups is 2. The summed E-state index contributed by atoms with van der Waals surface area (Å²) >= 11 is 0. The largest absolute Gasteiger partial charge is 0.378 e. The standard InChI is InChI=1S/C29H34N6O2/c1-20(2)28(29(37)30-23-14-16-24(17-15-23)33(4)5)34(18-22-11-7-6-10-21(22)3)27(36)19-35-26-13-9-8-12-25(26)31-32-35/h6-17,20,28H,18-19H2,1-5H3,(H,30,37). The zero-order valence-electron chi connectivity index (χ0n) is 22.0. The van der Waals surface area contributed by atoms with Gasteiger partial charge in [0.2, 0.25) is 11.8 Å². The third-order valence-corrected chi connectivity index (χ3v) is 6.51. The number of rotatable bonds is 9. The summed E-state index contributed by atoms with van der Waals surface area (Å²) in [6, 6.07) is 22.4. The van der Waals surface area contributed by atoms with Gasteiger partial charge in [-0.3, -0.25) is 9.59 Å². The maximum absolute atomic E-state index is 13.8. The number of aromatic nitrogens is 3. The van der Waals surface area contributed by atoms with Crippen LogP contribution in [0.3, 0.4) is 0 Å². The molecule has 37 heavy (non-hydrogen) atoms. The van der Waals surface area contributed by atoms with Gasteiger partial charge >= 0.3 is 0 Å². The fraction of sp³-hybridized carbons (Fsp3) is 0.310. The first kappa shape index (κ1) is 25.9. The van der Waals surface area contributed by atoms with Gasteiger partial charge in [0.05, 0.1) is 5.52 Å². The van der Waals surface area contributed by atoms with Gasteiger partial charge < -0.3 is 15.1 Å². The van der Waals surface area contributed by atoms with E-state index in [1.165, 1.54) is 0 Å². The minimum absolute atomic E-state index is 0.0135. The van der Waals surface area contributed by atoms with Crippen LogP contribution >= 0.6 is 0 Å². The Labute approximate surface area is 217 Å². The average molecular weight is 499 g/mol. The van der Waals surface area contributed by atoms with Crippen LogP contribution in [0.25, 0.3) is 11.0 Å². The van der Waals surface area contributed by atoms with Crippen molar-refractivity contribution in [1.82, 2.24) is 19.9 Å². The number of amides is 2. The molecule has 3 aromatic carbocycles. The lowest BCUT2D eigenvalue weighted by atomic mass is 9.99. The van der Waals surface area contributed by atoms with Gasteiger partial charge in [0.1, 0.15) is 18.1 Å². The summed E-state index contributed by atoms with van der Waals surface area (Å²) in [7, 11) is 3.94. The van der Waals surface area contributed by atoms with Crippen LogP contribution in [0.15, 0.2) is 72.8 Å². The molecular weight excluding hydrogens is 464 g/mol. The fourth-order valence-corrected chi connectivity index (χ4v) is 4.43. The van der Waals surface area contributed by atoms with E-state index in [-0.39, 0.29) is 24.3 Å². The zero-order valence-corrected chi connectivity index (χ0v) is 22.0. The van der Waals surface area contributed by atoms with E-state index >= 15 is 0 Å². The number of para-hydroxylation sites is 1. The van der Waals surface area contributed by atoms with Gasteiger partial charge in [0.15, 0.2) is 0 Å². The summed E-state index contributed by atoms with van der Waals surface area (Å²) in [5.74, 6) is -0.546. The summed E-state index contributed by atoms with van der Waals surface area (Å²) < 4.78 is 1.60. The molecule has 0 fully saturated rings. The Hall–Kier alpha value is -4.20. The van der Waals surface area contributed by atoms with Crippen LogP contribution in [0.1, 0.15) is 25.0 Å². The van der Waals surface area contributed by atoms with Crippen LogP contribution in [-0.2, 0) is 22.7 Å². The first-order chi connectivity index (χ1) is 17.7. The molecule has 0 spiro atoms. The molecule has 4 rings (SSSR count). The van der Waals surface area contributed by atoms with Gasteiger partial charge in [-0.15, -0.1) is 5.10 Å². The Balaban J connectivity index is 1.64. The molecule has 0 aliphatic rings. The Morgan fingerprint density at radius 2 is 1.62 bits per heavy atom. The summed E-state index contributed by atoms with van der Waals surface area (Å²) in [4.78, 5) is 31.2. The second-order valence-corrected chi connectivity index (χ2v) is 9.80. The predicted molar refractivity (Wildman–Crippen MR) is 147 cm³/mol. The first-order valence-electron chi connectivity index (χ1n) is 12.4. The molecule has 192 valence electrons. The Morgan fingerprint density at radius 1 is 0.946 bits per heavy atom. The van der Waals surface area contributed by atoms with E-state index in [1.54, 1.807) is 9.58 Å². The van der Waals surface area contributed by atoms with Crippen LogP contribution in [0, 0.1) is 12.8 Å². The lowest BCUT2D eigenvalue weighted by molar-refractivity contribution is -0.141. The van der Waals surface area contributed by atoms with Crippen LogP contribution in [0.5, 0.6) is 0 Å². The number of anilines is 2. The third kappa shape index (κ3) is 5.97. The highest BCUT2D eigenvalue weighted by Gasteiger charge is 2.33. The van der Waals surface area contributed by atoms with Gasteiger partial charge in [0, 0.05) is 32.0 Å². The SMILES string of the molecule is Cc1ccccc1CN(C(=O)Cn1nnc2ccccc21)C(C(=O)Nc1ccc(N(C)C)cc1)C(C)C. The Kier molecular flexibility index (Phi) is 7.86. The van der Waals surface area contributed by atoms with Crippen LogP contribution in [-0.4, -0.2) is 51.8 Å². The number of hydrogen-bond acceptors (Lipinski definition) is 5. The number of nitrogens with one attached hydrogen (secondary N) is 1. The third-order valence-electron chi connectivity index (χ3n) is 6.51. The van der Waals surface area contributed by atoms with E-state index in [0.29, 0.717) is 12.2 Å². The predicted octanol–water partition coefficient (Wildman–Crippen LogP) is 4.50. The average Bonchev–Trinajstić information content (AvgIpc) is 3.27. The van der Waals surface area contributed by atoms with Crippen LogP contribution in [0.2, 0.25) is 0 Å². The number of nitrogens with zero attached hydrogens (tertiary/aromatic N) is 5. The molecule has 0 saturated heterocycles. The highest BCUT2D eigenvalue weighted by atomic mass is 16.2. The van der Waals surface area contributed by atoms with Crippen LogP contribution in [0.4, 0.5) is 11.4 Å². The number of hydrogen-bond donors (Lipinski definition) is 1. The molecule has 1 heterocycles. The minimum atomic E-state index is -0.685. The topological polar surface area (TPSA) is 83.4 Å². The molecule has 1 unspecified atom stereocenters. The van der Waals surface area contributed by atoms with E-state index in [9.17, 15) is 9.59 Å². The molecule has 0 bridgehead atoms. The number of benzene rings is 3. The lowest BCUT2D eigenvalue weighted by Crippen LogP contribution is -2.51. The monoisotopic (exact) mass is 498 g/mol. The van der Waals surface area contributed by atoms with Crippen molar-refractivity contribution in [2.75, 3.05) is 24.3 Å². The molecule has 4 aromatic rings. The molecule has 1 N–H and O–H groups in total. The van der Waals surface area contributed by atoms with Crippen LogP contribution < -0.4 is 10.2 Å². The normalized spacial score (nSPS) is 11.9. The van der Waals surface area contributed by atoms with E-state index in [0.717, 1.165) is 27.8 Å². The van der Waals surface area contributed by atoms with Gasteiger partial charge in [0.25, 0.3) is 0 Å². The highest BCUT2D eigenvalue weighted by molar-refractivity contribution is 5.97. The Morgan fingerprint density at radius 3 is 2.30 bits per heavy atom. The quantitative estimate of drug-likeness (QED) is 0.367. The molecule has 0 saturated carbocycles. The van der Waals surface area contributed by atoms with E-state index < -0.39 is 6.04 Å². The van der Waals surface area contributed by atoms with Crippen molar-refractivity contribution >= 4 is 34.2 Å². The molecule has 8 heteroatoms. The number of aryl methyl sites for hydroxylation is 1. The van der Waals surface area contributed by atoms with Crippen molar-refractivity contribution in [3.05, 3.63) is 83.9 Å². The summed E-state index contributed by atoms with van der Waals surface area (Å²) in [6.45, 7) is 6.23. The van der Waals surface area contributed by atoms with E-state index in [4.69, 9.17) is 0 Å². The minimum Gasteiger partial charge on any atom is -0.378 e. The lowest BCUT2D eigenvalue weighted by Gasteiger charge is -2.34. The van der Waals surface area contributed by atoms with Crippen molar-refractivity contribution in [2.45, 2.75) is 39.9 Å². The van der Waals surface area contributed by atoms with Crippen molar-refractivity contribution in [3.63, 3.8) is 0 Å². The van der Waals surface area contributed by atoms with E-state index in [2.05, 4.69) is 15.6 Å². The van der Waals surface area contributed by atoms with Gasteiger partial charge in [-0.05, 0) is 60.4 Å². The van der Waals surface area contributed by atoms with Gasteiger partial charge in [-0.2, -0.15) is 0 Å². The summed E-state index contributed by atoms with van der Waals surface area (Å²) in [6.07, 6.45) is 0. The molecular formula is C29H34N6O2. The zero-order chi connectivity index (χ0) is 26.5. The van der Waals surface area contributed by atoms with Crippen molar-refractivity contribution < 1.29 is 9.59 Å². The van der Waals surface area contributed by atoms with Gasteiger partial charge in [-0.25, -0.2) is 4.68 Å². The molecule has 8 nitrogen and oxygen atoms in total. The smallest absolute Gasteiger partial charge is 0.247 e. The van der Waals surface area contributed by atoms with Crippen molar-refractivity contribution in [1.29, 1.82) is 0 Å². The maximum atomic E-state index is 13.8. The molecule has 0 radical (unpaired) electrons. The first-order valence-corrected chi connectivity index (χ1v) is 12.4. The fourth-order valence-electron chi connectivity index (χ4n) is 4.43. The van der Waals surface area contributed by atoms with Gasteiger partial charge in [-0.1, -0.05) is 55.5 Å². The molecule has 1 aromatic heterocycles. The number of fused-ring (bicyclic) bond motifs is 1. The van der Waals surface area contributed by atoms with Crippen molar-refractivity contribution in [3.8, 4) is 0 Å². The molecule has 2 amide bonds. The Bertz CT molecular complexity index is 1380. The maximum Gasteiger partial charge on any atom is 0.247 e. The summed E-state index contributed by atoms with van der Waals surface area (Å²) in [5, 5.41) is 11.4. The molecule has 0 aliphatic carbocycles. The number of carbonyl (C=O) groups excluding carboxylic acids is 2. The second-order valence-electron chi connectivity index (χ2n) is 9.80.